The van der Waals surface area contributed by atoms with E-state index >= 15 is 0 Å². The van der Waals surface area contributed by atoms with Gasteiger partial charge in [-0.05, 0) is 26.2 Å². The summed E-state index contributed by atoms with van der Waals surface area (Å²) in [6, 6.07) is 7.66. The Morgan fingerprint density at radius 3 is 2.00 bits per heavy atom. The van der Waals surface area contributed by atoms with Gasteiger partial charge in [0.2, 0.25) is 0 Å². The first-order valence-electron chi connectivity index (χ1n) is 3.86. The summed E-state index contributed by atoms with van der Waals surface area (Å²) in [6.07, 6.45) is -0.276. The van der Waals surface area contributed by atoms with Gasteiger partial charge in [0.1, 0.15) is 0 Å². The summed E-state index contributed by atoms with van der Waals surface area (Å²) in [5, 5.41) is 0. The maximum Gasteiger partial charge on any atom is 0.304 e. The van der Waals surface area contributed by atoms with Crippen molar-refractivity contribution >= 4 is 0 Å². The lowest BCUT2D eigenvalue weighted by atomic mass is 10.3. The van der Waals surface area contributed by atoms with Crippen LogP contribution in [0.1, 0.15) is 0 Å². The van der Waals surface area contributed by atoms with Gasteiger partial charge in [0, 0.05) is 0 Å². The van der Waals surface area contributed by atoms with E-state index in [1.165, 1.54) is 0 Å². The van der Waals surface area contributed by atoms with Crippen LogP contribution in [0.3, 0.4) is 0 Å². The van der Waals surface area contributed by atoms with Crippen molar-refractivity contribution in [2.45, 2.75) is 6.41 Å². The first kappa shape index (κ1) is 7.43. The van der Waals surface area contributed by atoms with Crippen LogP contribution in [0.25, 0.3) is 0 Å². The molecule has 1 aliphatic rings. The van der Waals surface area contributed by atoms with Crippen molar-refractivity contribution in [3.05, 3.63) is 24.3 Å². The minimum Gasteiger partial charge on any atom is -0.438 e. The molecule has 0 amide bonds. The molecular formula is C9H11NO2. The Labute approximate surface area is 71.5 Å². The highest BCUT2D eigenvalue weighted by atomic mass is 16.7. The second-order valence-corrected chi connectivity index (χ2v) is 2.95. The number of para-hydroxylation sites is 2. The van der Waals surface area contributed by atoms with E-state index in [0.717, 1.165) is 11.5 Å². The summed E-state index contributed by atoms with van der Waals surface area (Å²) in [6.45, 7) is 0. The van der Waals surface area contributed by atoms with E-state index in [-0.39, 0.29) is 6.41 Å². The van der Waals surface area contributed by atoms with Crippen LogP contribution < -0.4 is 9.47 Å². The molecule has 0 N–H and O–H groups in total. The quantitative estimate of drug-likeness (QED) is 0.626. The monoisotopic (exact) mass is 165 g/mol. The lowest BCUT2D eigenvalue weighted by Gasteiger charge is -2.16. The second-order valence-electron chi connectivity index (χ2n) is 2.95. The molecule has 0 radical (unpaired) electrons. The van der Waals surface area contributed by atoms with Crippen LogP contribution in [-0.2, 0) is 0 Å². The Hall–Kier alpha value is -1.22. The second kappa shape index (κ2) is 2.68. The van der Waals surface area contributed by atoms with Gasteiger partial charge >= 0.3 is 6.41 Å². The normalized spacial score (nSPS) is 15.6. The van der Waals surface area contributed by atoms with Gasteiger partial charge in [0.05, 0.1) is 0 Å². The number of hydrogen-bond acceptors (Lipinski definition) is 3. The molecule has 64 valence electrons. The molecule has 0 saturated carbocycles. The van der Waals surface area contributed by atoms with E-state index < -0.39 is 0 Å². The summed E-state index contributed by atoms with van der Waals surface area (Å²) in [5.74, 6) is 1.63. The largest absolute Gasteiger partial charge is 0.438 e. The maximum absolute atomic E-state index is 5.47. The molecule has 0 fully saturated rings. The zero-order valence-corrected chi connectivity index (χ0v) is 7.15. The van der Waals surface area contributed by atoms with E-state index in [1.54, 1.807) is 0 Å². The van der Waals surface area contributed by atoms with Crippen molar-refractivity contribution in [1.82, 2.24) is 4.90 Å². The standard InChI is InChI=1S/C9H11NO2/c1-10(2)9-11-7-5-3-4-6-8(7)12-9/h3-6,9H,1-2H3. The number of fused-ring (bicyclic) bond motifs is 1. The van der Waals surface area contributed by atoms with Gasteiger partial charge in [-0.3, -0.25) is 0 Å². The van der Waals surface area contributed by atoms with Crippen LogP contribution in [0.4, 0.5) is 0 Å². The first-order valence-corrected chi connectivity index (χ1v) is 3.86. The number of ether oxygens (including phenoxy) is 2. The molecule has 2 rings (SSSR count). The van der Waals surface area contributed by atoms with Gasteiger partial charge in [-0.2, -0.15) is 0 Å². The minimum absolute atomic E-state index is 0.276. The highest BCUT2D eigenvalue weighted by Gasteiger charge is 2.24. The zero-order valence-electron chi connectivity index (χ0n) is 7.15. The summed E-state index contributed by atoms with van der Waals surface area (Å²) in [5.41, 5.74) is 0. The average Bonchev–Trinajstić information content (AvgIpc) is 2.46. The van der Waals surface area contributed by atoms with Crippen LogP contribution in [0.5, 0.6) is 11.5 Å². The third-order valence-electron chi connectivity index (χ3n) is 1.73. The van der Waals surface area contributed by atoms with E-state index in [1.807, 2.05) is 43.3 Å². The molecule has 0 atom stereocenters. The van der Waals surface area contributed by atoms with Crippen molar-refractivity contribution in [2.24, 2.45) is 0 Å². The highest BCUT2D eigenvalue weighted by molar-refractivity contribution is 5.41. The Bertz CT molecular complexity index is 261. The number of hydrogen-bond donors (Lipinski definition) is 0. The van der Waals surface area contributed by atoms with Crippen LogP contribution in [-0.4, -0.2) is 25.4 Å². The van der Waals surface area contributed by atoms with Crippen molar-refractivity contribution in [2.75, 3.05) is 14.1 Å². The molecule has 1 heterocycles. The molecular weight excluding hydrogens is 154 g/mol. The number of rotatable bonds is 1. The molecule has 3 nitrogen and oxygen atoms in total. The molecule has 1 aromatic rings. The predicted molar refractivity (Wildman–Crippen MR) is 45.2 cm³/mol. The summed E-state index contributed by atoms with van der Waals surface area (Å²) in [7, 11) is 3.83. The number of nitrogens with zero attached hydrogens (tertiary/aromatic N) is 1. The van der Waals surface area contributed by atoms with E-state index in [0.29, 0.717) is 0 Å². The Morgan fingerprint density at radius 1 is 1.08 bits per heavy atom. The molecule has 0 aromatic heterocycles. The van der Waals surface area contributed by atoms with Gasteiger partial charge in [-0.1, -0.05) is 12.1 Å². The van der Waals surface area contributed by atoms with Gasteiger partial charge in [0.15, 0.2) is 11.5 Å². The van der Waals surface area contributed by atoms with Crippen molar-refractivity contribution < 1.29 is 9.47 Å². The average molecular weight is 165 g/mol. The Morgan fingerprint density at radius 2 is 1.58 bits per heavy atom. The molecule has 0 saturated heterocycles. The van der Waals surface area contributed by atoms with Crippen LogP contribution >= 0.6 is 0 Å². The zero-order chi connectivity index (χ0) is 8.55. The van der Waals surface area contributed by atoms with E-state index in [2.05, 4.69) is 0 Å². The van der Waals surface area contributed by atoms with Gasteiger partial charge in [-0.25, -0.2) is 4.90 Å². The predicted octanol–water partition coefficient (Wildman–Crippen LogP) is 1.30. The molecule has 1 aromatic carbocycles. The topological polar surface area (TPSA) is 21.7 Å². The Kier molecular flexibility index (Phi) is 1.66. The highest BCUT2D eigenvalue weighted by Crippen LogP contribution is 2.34. The molecule has 0 aliphatic carbocycles. The molecule has 1 aliphatic heterocycles. The van der Waals surface area contributed by atoms with E-state index in [4.69, 9.17) is 9.47 Å². The molecule has 0 unspecified atom stereocenters. The van der Waals surface area contributed by atoms with E-state index in [9.17, 15) is 0 Å². The number of benzene rings is 1. The first-order chi connectivity index (χ1) is 5.77. The summed E-state index contributed by atoms with van der Waals surface area (Å²) >= 11 is 0. The lowest BCUT2D eigenvalue weighted by molar-refractivity contribution is -0.0614. The molecule has 12 heavy (non-hydrogen) atoms. The third kappa shape index (κ3) is 1.12. The van der Waals surface area contributed by atoms with Crippen molar-refractivity contribution in [1.29, 1.82) is 0 Å². The summed E-state index contributed by atoms with van der Waals surface area (Å²) < 4.78 is 10.9. The van der Waals surface area contributed by atoms with Gasteiger partial charge in [0.25, 0.3) is 0 Å². The Balaban J connectivity index is 2.22. The third-order valence-corrected chi connectivity index (χ3v) is 1.73. The van der Waals surface area contributed by atoms with Gasteiger partial charge < -0.3 is 9.47 Å². The molecule has 3 heteroatoms. The lowest BCUT2D eigenvalue weighted by Crippen LogP contribution is -2.34. The van der Waals surface area contributed by atoms with Crippen LogP contribution in [0.2, 0.25) is 0 Å². The SMILES string of the molecule is CN(C)C1Oc2ccccc2O1. The maximum atomic E-state index is 5.47. The van der Waals surface area contributed by atoms with Crippen LogP contribution in [0.15, 0.2) is 24.3 Å². The van der Waals surface area contributed by atoms with Gasteiger partial charge in [-0.15, -0.1) is 0 Å². The van der Waals surface area contributed by atoms with Crippen LogP contribution in [0, 0.1) is 0 Å². The molecule has 0 bridgehead atoms. The summed E-state index contributed by atoms with van der Waals surface area (Å²) in [4.78, 5) is 1.88. The van der Waals surface area contributed by atoms with Crippen molar-refractivity contribution in [3.63, 3.8) is 0 Å². The fourth-order valence-corrected chi connectivity index (χ4v) is 1.10. The van der Waals surface area contributed by atoms with Crippen molar-refractivity contribution in [3.8, 4) is 11.5 Å². The minimum atomic E-state index is -0.276. The fourth-order valence-electron chi connectivity index (χ4n) is 1.10. The fraction of sp³-hybridized carbons (Fsp3) is 0.333. The molecule has 0 spiro atoms. The smallest absolute Gasteiger partial charge is 0.304 e.